The smallest absolute Gasteiger partial charge is 0.129 e. The zero-order chi connectivity index (χ0) is 13.2. The van der Waals surface area contributed by atoms with Gasteiger partial charge in [-0.1, -0.05) is 24.3 Å². The molecule has 0 amide bonds. The fourth-order valence-corrected chi connectivity index (χ4v) is 2.54. The molecule has 0 aliphatic heterocycles. The number of aliphatic hydroxyl groups excluding tert-OH is 1. The molecule has 3 heteroatoms. The zero-order valence-electron chi connectivity index (χ0n) is 10.5. The van der Waals surface area contributed by atoms with Crippen molar-refractivity contribution in [1.82, 2.24) is 0 Å². The molecule has 1 aliphatic carbocycles. The molecule has 0 fully saturated rings. The summed E-state index contributed by atoms with van der Waals surface area (Å²) in [5.41, 5.74) is 1.85. The maximum absolute atomic E-state index is 10.4. The van der Waals surface area contributed by atoms with Crippen LogP contribution >= 0.6 is 0 Å². The van der Waals surface area contributed by atoms with Crippen LogP contribution in [0.3, 0.4) is 0 Å². The molecule has 2 unspecified atom stereocenters. The molecule has 0 heterocycles. The van der Waals surface area contributed by atoms with Gasteiger partial charge in [0.1, 0.15) is 23.7 Å². The third-order valence-corrected chi connectivity index (χ3v) is 3.53. The van der Waals surface area contributed by atoms with E-state index in [1.165, 1.54) is 0 Å². The first kappa shape index (κ1) is 12.1. The van der Waals surface area contributed by atoms with E-state index in [1.54, 1.807) is 12.1 Å². The number of fused-ring (bicyclic) bond motifs is 1. The lowest BCUT2D eigenvalue weighted by molar-refractivity contribution is 0.0229. The maximum Gasteiger partial charge on any atom is 0.129 e. The number of rotatable bonds is 2. The maximum atomic E-state index is 10.4. The lowest BCUT2D eigenvalue weighted by Crippen LogP contribution is -2.30. The molecule has 1 aliphatic rings. The Bertz CT molecular complexity index is 565. The summed E-state index contributed by atoms with van der Waals surface area (Å²) in [6.45, 7) is 0. The molecular formula is C16H16O3. The zero-order valence-corrected chi connectivity index (χ0v) is 10.5. The molecule has 2 N–H and O–H groups in total. The summed E-state index contributed by atoms with van der Waals surface area (Å²) >= 11 is 0. The van der Waals surface area contributed by atoms with Crippen molar-refractivity contribution in [3.05, 3.63) is 59.7 Å². The van der Waals surface area contributed by atoms with Gasteiger partial charge in [-0.25, -0.2) is 0 Å². The fourth-order valence-electron chi connectivity index (χ4n) is 2.54. The van der Waals surface area contributed by atoms with Crippen molar-refractivity contribution in [2.24, 2.45) is 0 Å². The third-order valence-electron chi connectivity index (χ3n) is 3.53. The Morgan fingerprint density at radius 3 is 2.63 bits per heavy atom. The highest BCUT2D eigenvalue weighted by molar-refractivity contribution is 5.39. The fraction of sp³-hybridized carbons (Fsp3) is 0.250. The number of para-hydroxylation sites is 1. The second-order valence-corrected chi connectivity index (χ2v) is 4.84. The van der Waals surface area contributed by atoms with Crippen LogP contribution in [0.5, 0.6) is 11.5 Å². The molecule has 2 atom stereocenters. The molecule has 0 saturated heterocycles. The standard InChI is InChI=1S/C16H16O3/c17-12-8-6-11-7-9-15(16(18)14(11)10-12)19-13-4-2-1-3-5-13/h1-6,8,10,15-18H,7,9H2. The number of ether oxygens (including phenoxy) is 1. The average molecular weight is 256 g/mol. The monoisotopic (exact) mass is 256 g/mol. The van der Waals surface area contributed by atoms with E-state index in [-0.39, 0.29) is 11.9 Å². The van der Waals surface area contributed by atoms with E-state index in [9.17, 15) is 10.2 Å². The Morgan fingerprint density at radius 2 is 1.84 bits per heavy atom. The quantitative estimate of drug-likeness (QED) is 0.868. The Hall–Kier alpha value is -2.00. The van der Waals surface area contributed by atoms with Crippen LogP contribution in [-0.2, 0) is 6.42 Å². The Morgan fingerprint density at radius 1 is 1.05 bits per heavy atom. The highest BCUT2D eigenvalue weighted by atomic mass is 16.5. The second kappa shape index (κ2) is 4.94. The molecule has 0 aromatic heterocycles. The summed E-state index contributed by atoms with van der Waals surface area (Å²) in [4.78, 5) is 0. The van der Waals surface area contributed by atoms with E-state index in [4.69, 9.17) is 4.74 Å². The van der Waals surface area contributed by atoms with Gasteiger partial charge in [0.15, 0.2) is 0 Å². The van der Waals surface area contributed by atoms with Gasteiger partial charge >= 0.3 is 0 Å². The first-order chi connectivity index (χ1) is 9.24. The molecule has 3 nitrogen and oxygen atoms in total. The van der Waals surface area contributed by atoms with Crippen LogP contribution in [0.2, 0.25) is 0 Å². The second-order valence-electron chi connectivity index (χ2n) is 4.84. The number of aliphatic hydroxyl groups is 1. The molecule has 0 bridgehead atoms. The molecule has 98 valence electrons. The number of phenols is 1. The minimum Gasteiger partial charge on any atom is -0.508 e. The van der Waals surface area contributed by atoms with E-state index in [0.717, 1.165) is 29.7 Å². The molecule has 2 aromatic rings. The van der Waals surface area contributed by atoms with Gasteiger partial charge in [-0.15, -0.1) is 0 Å². The highest BCUT2D eigenvalue weighted by Crippen LogP contribution is 2.34. The van der Waals surface area contributed by atoms with Gasteiger partial charge in [0, 0.05) is 0 Å². The van der Waals surface area contributed by atoms with Gasteiger partial charge in [0.05, 0.1) is 0 Å². The summed E-state index contributed by atoms with van der Waals surface area (Å²) in [5.74, 6) is 0.938. The van der Waals surface area contributed by atoms with Crippen LogP contribution in [0.1, 0.15) is 23.7 Å². The van der Waals surface area contributed by atoms with Crippen molar-refractivity contribution >= 4 is 0 Å². The van der Waals surface area contributed by atoms with Crippen LogP contribution < -0.4 is 4.74 Å². The molecule has 2 aromatic carbocycles. The van der Waals surface area contributed by atoms with Crippen molar-refractivity contribution < 1.29 is 14.9 Å². The highest BCUT2D eigenvalue weighted by Gasteiger charge is 2.29. The topological polar surface area (TPSA) is 49.7 Å². The van der Waals surface area contributed by atoms with Gasteiger partial charge in [0.2, 0.25) is 0 Å². The minimum atomic E-state index is -0.698. The van der Waals surface area contributed by atoms with Gasteiger partial charge in [-0.05, 0) is 48.2 Å². The molecule has 0 saturated carbocycles. The van der Waals surface area contributed by atoms with Crippen molar-refractivity contribution in [3.63, 3.8) is 0 Å². The summed E-state index contributed by atoms with van der Waals surface area (Å²) in [5, 5.41) is 19.9. The van der Waals surface area contributed by atoms with Crippen LogP contribution in [0.25, 0.3) is 0 Å². The van der Waals surface area contributed by atoms with Gasteiger partial charge < -0.3 is 14.9 Å². The Labute approximate surface area is 112 Å². The molecule has 3 rings (SSSR count). The van der Waals surface area contributed by atoms with Gasteiger partial charge in [-0.3, -0.25) is 0 Å². The SMILES string of the molecule is Oc1ccc2c(c1)C(O)C(Oc1ccccc1)CC2. The lowest BCUT2D eigenvalue weighted by Gasteiger charge is -2.30. The van der Waals surface area contributed by atoms with Crippen LogP contribution in [0.4, 0.5) is 0 Å². The Balaban J connectivity index is 1.83. The summed E-state index contributed by atoms with van der Waals surface area (Å²) < 4.78 is 5.83. The summed E-state index contributed by atoms with van der Waals surface area (Å²) in [6, 6.07) is 14.7. The Kier molecular flexibility index (Phi) is 3.13. The predicted octanol–water partition coefficient (Wildman–Crippen LogP) is 2.82. The number of phenolic OH excluding ortho intramolecular Hbond substituents is 1. The van der Waals surface area contributed by atoms with E-state index < -0.39 is 6.10 Å². The van der Waals surface area contributed by atoms with Gasteiger partial charge in [-0.2, -0.15) is 0 Å². The molecule has 0 radical (unpaired) electrons. The molecular weight excluding hydrogens is 240 g/mol. The predicted molar refractivity (Wildman–Crippen MR) is 72.2 cm³/mol. The van der Waals surface area contributed by atoms with E-state index in [0.29, 0.717) is 0 Å². The van der Waals surface area contributed by atoms with Crippen LogP contribution in [0.15, 0.2) is 48.5 Å². The number of hydrogen-bond donors (Lipinski definition) is 2. The molecule has 0 spiro atoms. The molecule has 19 heavy (non-hydrogen) atoms. The third kappa shape index (κ3) is 2.42. The first-order valence-electron chi connectivity index (χ1n) is 6.45. The van der Waals surface area contributed by atoms with Crippen LogP contribution in [0, 0.1) is 0 Å². The minimum absolute atomic E-state index is 0.179. The van der Waals surface area contributed by atoms with E-state index in [1.807, 2.05) is 36.4 Å². The normalized spacial score (nSPS) is 21.7. The van der Waals surface area contributed by atoms with Crippen molar-refractivity contribution in [1.29, 1.82) is 0 Å². The number of aryl methyl sites for hydroxylation is 1. The summed E-state index contributed by atoms with van der Waals surface area (Å²) in [7, 11) is 0. The number of aromatic hydroxyl groups is 1. The van der Waals surface area contributed by atoms with Gasteiger partial charge in [0.25, 0.3) is 0 Å². The average Bonchev–Trinajstić information content (AvgIpc) is 2.44. The number of hydrogen-bond acceptors (Lipinski definition) is 3. The van der Waals surface area contributed by atoms with E-state index >= 15 is 0 Å². The van der Waals surface area contributed by atoms with Crippen LogP contribution in [-0.4, -0.2) is 16.3 Å². The largest absolute Gasteiger partial charge is 0.508 e. The van der Waals surface area contributed by atoms with E-state index in [2.05, 4.69) is 0 Å². The van der Waals surface area contributed by atoms with Crippen molar-refractivity contribution in [2.75, 3.05) is 0 Å². The number of benzene rings is 2. The first-order valence-corrected chi connectivity index (χ1v) is 6.45. The summed E-state index contributed by atoms with van der Waals surface area (Å²) in [6.07, 6.45) is 0.658. The lowest BCUT2D eigenvalue weighted by atomic mass is 9.87. The van der Waals surface area contributed by atoms with Crippen molar-refractivity contribution in [3.8, 4) is 11.5 Å². The van der Waals surface area contributed by atoms with Crippen molar-refractivity contribution in [2.45, 2.75) is 25.0 Å².